The maximum absolute atomic E-state index is 12.4. The smallest absolute Gasteiger partial charge is 0.319 e. The molecule has 1 heterocycles. The number of benzene rings is 3. The molecule has 4 aromatic rings. The van der Waals surface area contributed by atoms with Gasteiger partial charge in [0.2, 0.25) is 0 Å². The van der Waals surface area contributed by atoms with Crippen molar-refractivity contribution in [3.05, 3.63) is 84.4 Å². The van der Waals surface area contributed by atoms with Gasteiger partial charge in [-0.05, 0) is 29.8 Å². The largest absolute Gasteiger partial charge is 0.394 e. The summed E-state index contributed by atoms with van der Waals surface area (Å²) >= 11 is 1.62. The van der Waals surface area contributed by atoms with Crippen molar-refractivity contribution in [2.24, 2.45) is 0 Å². The summed E-state index contributed by atoms with van der Waals surface area (Å²) in [5.74, 6) is 0. The summed E-state index contributed by atoms with van der Waals surface area (Å²) in [6.07, 6.45) is 0. The molecule has 0 bridgehead atoms. The second-order valence-corrected chi connectivity index (χ2v) is 7.34. The predicted octanol–water partition coefficient (Wildman–Crippen LogP) is 4.82. The van der Waals surface area contributed by atoms with E-state index in [1.54, 1.807) is 11.3 Å². The van der Waals surface area contributed by atoms with Crippen molar-refractivity contribution >= 4 is 33.3 Å². The lowest BCUT2D eigenvalue weighted by Gasteiger charge is -2.17. The molecule has 0 saturated heterocycles. The molecule has 1 unspecified atom stereocenters. The van der Waals surface area contributed by atoms with E-state index in [0.29, 0.717) is 5.69 Å². The average molecular weight is 389 g/mol. The summed E-state index contributed by atoms with van der Waals surface area (Å²) in [5.41, 5.74) is 3.43. The maximum atomic E-state index is 12.4. The highest BCUT2D eigenvalue weighted by molar-refractivity contribution is 7.21. The normalized spacial score (nSPS) is 11.9. The average Bonchev–Trinajstić information content (AvgIpc) is 3.17. The predicted molar refractivity (Wildman–Crippen MR) is 113 cm³/mol. The highest BCUT2D eigenvalue weighted by atomic mass is 32.1. The van der Waals surface area contributed by atoms with Crippen LogP contribution in [0, 0.1) is 0 Å². The fourth-order valence-corrected chi connectivity index (χ4v) is 3.93. The van der Waals surface area contributed by atoms with E-state index in [9.17, 15) is 9.90 Å². The van der Waals surface area contributed by atoms with E-state index in [4.69, 9.17) is 0 Å². The molecule has 1 atom stereocenters. The molecule has 3 N–H and O–H groups in total. The third kappa shape index (κ3) is 4.03. The number of carbonyl (C=O) groups excluding carboxylic acids is 1. The molecule has 0 aliphatic heterocycles. The highest BCUT2D eigenvalue weighted by Gasteiger charge is 2.14. The van der Waals surface area contributed by atoms with Gasteiger partial charge in [0.1, 0.15) is 5.01 Å². The number of para-hydroxylation sites is 1. The minimum absolute atomic E-state index is 0.177. The molecule has 0 aliphatic rings. The Kier molecular flexibility index (Phi) is 5.32. The lowest BCUT2D eigenvalue weighted by Crippen LogP contribution is -2.34. The number of aliphatic hydroxyl groups excluding tert-OH is 1. The summed E-state index contributed by atoms with van der Waals surface area (Å²) in [6, 6.07) is 24.1. The van der Waals surface area contributed by atoms with Crippen LogP contribution >= 0.6 is 11.3 Å². The Balaban J connectivity index is 1.49. The summed E-state index contributed by atoms with van der Waals surface area (Å²) in [4.78, 5) is 17.1. The highest BCUT2D eigenvalue weighted by Crippen LogP contribution is 2.31. The van der Waals surface area contributed by atoms with Crippen molar-refractivity contribution in [2.75, 3.05) is 11.9 Å². The van der Waals surface area contributed by atoms with Crippen LogP contribution in [0.4, 0.5) is 10.5 Å². The van der Waals surface area contributed by atoms with Gasteiger partial charge in [-0.1, -0.05) is 54.6 Å². The van der Waals surface area contributed by atoms with Crippen molar-refractivity contribution in [1.82, 2.24) is 10.3 Å². The SMILES string of the molecule is O=C(Nc1cccc(-c2nc3ccccc3s2)c1)NC(CO)c1ccccc1. The van der Waals surface area contributed by atoms with Crippen molar-refractivity contribution < 1.29 is 9.90 Å². The summed E-state index contributed by atoms with van der Waals surface area (Å²) in [5, 5.41) is 16.1. The van der Waals surface area contributed by atoms with Crippen LogP contribution in [0.1, 0.15) is 11.6 Å². The number of carbonyl (C=O) groups is 1. The molecule has 28 heavy (non-hydrogen) atoms. The second-order valence-electron chi connectivity index (χ2n) is 6.31. The van der Waals surface area contributed by atoms with Gasteiger partial charge in [0.05, 0.1) is 22.9 Å². The Morgan fingerprint density at radius 2 is 1.79 bits per heavy atom. The number of hydrogen-bond donors (Lipinski definition) is 3. The molecular formula is C22H19N3O2S. The van der Waals surface area contributed by atoms with Crippen LogP contribution in [-0.4, -0.2) is 22.7 Å². The van der Waals surface area contributed by atoms with Crippen molar-refractivity contribution in [3.8, 4) is 10.6 Å². The Labute approximate surface area is 166 Å². The molecule has 0 fully saturated rings. The topological polar surface area (TPSA) is 74.2 Å². The number of amides is 2. The number of nitrogens with one attached hydrogen (secondary N) is 2. The van der Waals surface area contributed by atoms with Gasteiger partial charge < -0.3 is 15.7 Å². The van der Waals surface area contributed by atoms with Crippen molar-refractivity contribution in [3.63, 3.8) is 0 Å². The number of hydrogen-bond acceptors (Lipinski definition) is 4. The Hall–Kier alpha value is -3.22. The lowest BCUT2D eigenvalue weighted by molar-refractivity contribution is 0.225. The first-order valence-electron chi connectivity index (χ1n) is 8.92. The Morgan fingerprint density at radius 3 is 2.57 bits per heavy atom. The molecule has 2 amide bonds. The fourth-order valence-electron chi connectivity index (χ4n) is 2.97. The van der Waals surface area contributed by atoms with Gasteiger partial charge in [-0.3, -0.25) is 0 Å². The fraction of sp³-hybridized carbons (Fsp3) is 0.0909. The van der Waals surface area contributed by atoms with Crippen molar-refractivity contribution in [2.45, 2.75) is 6.04 Å². The first kappa shape index (κ1) is 18.2. The van der Waals surface area contributed by atoms with Crippen LogP contribution in [0.25, 0.3) is 20.8 Å². The summed E-state index contributed by atoms with van der Waals surface area (Å²) < 4.78 is 1.13. The maximum Gasteiger partial charge on any atom is 0.319 e. The van der Waals surface area contributed by atoms with Gasteiger partial charge in [-0.2, -0.15) is 0 Å². The van der Waals surface area contributed by atoms with Gasteiger partial charge in [0.25, 0.3) is 0 Å². The van der Waals surface area contributed by atoms with E-state index in [1.807, 2.05) is 78.9 Å². The van der Waals surface area contributed by atoms with E-state index in [-0.39, 0.29) is 12.6 Å². The van der Waals surface area contributed by atoms with E-state index >= 15 is 0 Å². The minimum Gasteiger partial charge on any atom is -0.394 e. The van der Waals surface area contributed by atoms with E-state index in [1.165, 1.54) is 0 Å². The van der Waals surface area contributed by atoms with E-state index < -0.39 is 6.04 Å². The molecule has 3 aromatic carbocycles. The number of urea groups is 1. The van der Waals surface area contributed by atoms with E-state index in [0.717, 1.165) is 26.4 Å². The molecular weight excluding hydrogens is 370 g/mol. The molecule has 5 nitrogen and oxygen atoms in total. The second kappa shape index (κ2) is 8.21. The lowest BCUT2D eigenvalue weighted by atomic mass is 10.1. The zero-order valence-corrected chi connectivity index (χ0v) is 15.8. The zero-order valence-electron chi connectivity index (χ0n) is 15.0. The minimum atomic E-state index is -0.464. The molecule has 0 aliphatic carbocycles. The van der Waals surface area contributed by atoms with E-state index in [2.05, 4.69) is 15.6 Å². The number of thiazole rings is 1. The summed E-state index contributed by atoms with van der Waals surface area (Å²) in [6.45, 7) is -0.177. The molecule has 140 valence electrons. The molecule has 6 heteroatoms. The quantitative estimate of drug-likeness (QED) is 0.458. The van der Waals surface area contributed by atoms with Crippen LogP contribution < -0.4 is 10.6 Å². The van der Waals surface area contributed by atoms with Crippen LogP contribution in [0.15, 0.2) is 78.9 Å². The molecule has 0 spiro atoms. The molecule has 0 saturated carbocycles. The number of aliphatic hydroxyl groups is 1. The standard InChI is InChI=1S/C22H19N3O2S/c26-14-19(15-7-2-1-3-8-15)25-22(27)23-17-10-6-9-16(13-17)21-24-18-11-4-5-12-20(18)28-21/h1-13,19,26H,14H2,(H2,23,25,27). The van der Waals surface area contributed by atoms with Gasteiger partial charge >= 0.3 is 6.03 Å². The van der Waals surface area contributed by atoms with Crippen LogP contribution in [0.5, 0.6) is 0 Å². The zero-order chi connectivity index (χ0) is 19.3. The van der Waals surface area contributed by atoms with Crippen LogP contribution in [0.2, 0.25) is 0 Å². The Morgan fingerprint density at radius 1 is 1.00 bits per heavy atom. The monoisotopic (exact) mass is 389 g/mol. The van der Waals surface area contributed by atoms with Crippen molar-refractivity contribution in [1.29, 1.82) is 0 Å². The number of fused-ring (bicyclic) bond motifs is 1. The number of rotatable bonds is 5. The molecule has 1 aromatic heterocycles. The first-order chi connectivity index (χ1) is 13.7. The number of aromatic nitrogens is 1. The third-order valence-electron chi connectivity index (χ3n) is 4.35. The number of anilines is 1. The van der Waals surface area contributed by atoms with Gasteiger partial charge in [0.15, 0.2) is 0 Å². The molecule has 4 rings (SSSR count). The number of nitrogens with zero attached hydrogens (tertiary/aromatic N) is 1. The van der Waals surface area contributed by atoms with Gasteiger partial charge in [-0.15, -0.1) is 11.3 Å². The third-order valence-corrected chi connectivity index (χ3v) is 5.44. The van der Waals surface area contributed by atoms with Crippen LogP contribution in [0.3, 0.4) is 0 Å². The molecule has 0 radical (unpaired) electrons. The van der Waals surface area contributed by atoms with Gasteiger partial charge in [-0.25, -0.2) is 9.78 Å². The summed E-state index contributed by atoms with van der Waals surface area (Å²) in [7, 11) is 0. The van der Waals surface area contributed by atoms with Crippen LogP contribution in [-0.2, 0) is 0 Å². The Bertz CT molecular complexity index is 1060. The van der Waals surface area contributed by atoms with Gasteiger partial charge in [0, 0.05) is 11.3 Å². The first-order valence-corrected chi connectivity index (χ1v) is 9.74.